The molecule has 2 heteroatoms. The van der Waals surface area contributed by atoms with E-state index in [-0.39, 0.29) is 6.10 Å². The molecule has 0 saturated heterocycles. The molecule has 4 aliphatic carbocycles. The molecule has 2 nitrogen and oxygen atoms in total. The minimum atomic E-state index is -0.0326. The van der Waals surface area contributed by atoms with E-state index >= 15 is 0 Å². The lowest BCUT2D eigenvalue weighted by Crippen LogP contribution is -2.54. The van der Waals surface area contributed by atoms with E-state index in [2.05, 4.69) is 20.8 Å². The van der Waals surface area contributed by atoms with Gasteiger partial charge in [0.2, 0.25) is 0 Å². The second kappa shape index (κ2) is 5.98. The fourth-order valence-corrected chi connectivity index (χ4v) is 8.34. The highest BCUT2D eigenvalue weighted by Crippen LogP contribution is 2.68. The van der Waals surface area contributed by atoms with Crippen molar-refractivity contribution >= 4 is 0 Å². The summed E-state index contributed by atoms with van der Waals surface area (Å²) in [7, 11) is 0. The van der Waals surface area contributed by atoms with Gasteiger partial charge in [0.1, 0.15) is 0 Å². The molecule has 138 valence electrons. The van der Waals surface area contributed by atoms with Gasteiger partial charge in [-0.3, -0.25) is 0 Å². The Labute approximate surface area is 148 Å². The van der Waals surface area contributed by atoms with Gasteiger partial charge in [-0.05, 0) is 104 Å². The monoisotopic (exact) mass is 334 g/mol. The Morgan fingerprint density at radius 3 is 2.38 bits per heavy atom. The van der Waals surface area contributed by atoms with Crippen molar-refractivity contribution in [3.63, 3.8) is 0 Å². The van der Waals surface area contributed by atoms with Crippen molar-refractivity contribution in [2.75, 3.05) is 6.61 Å². The summed E-state index contributed by atoms with van der Waals surface area (Å²) in [5.41, 5.74) is 0.963. The van der Waals surface area contributed by atoms with Crippen LogP contribution in [0.25, 0.3) is 0 Å². The molecule has 4 aliphatic rings. The van der Waals surface area contributed by atoms with Crippen LogP contribution in [0.1, 0.15) is 78.6 Å². The molecule has 4 saturated carbocycles. The molecule has 2 N–H and O–H groups in total. The molecule has 4 rings (SSSR count). The predicted octanol–water partition coefficient (Wildman–Crippen LogP) is 4.63. The van der Waals surface area contributed by atoms with Gasteiger partial charge in [-0.15, -0.1) is 0 Å². The maximum absolute atomic E-state index is 10.1. The van der Waals surface area contributed by atoms with Crippen LogP contribution in [0.15, 0.2) is 0 Å². The lowest BCUT2D eigenvalue weighted by molar-refractivity contribution is -0.130. The van der Waals surface area contributed by atoms with Crippen LogP contribution in [0, 0.1) is 46.3 Å². The van der Waals surface area contributed by atoms with Crippen molar-refractivity contribution < 1.29 is 10.2 Å². The van der Waals surface area contributed by atoms with Gasteiger partial charge in [-0.1, -0.05) is 20.8 Å². The minimum absolute atomic E-state index is 0.0326. The summed E-state index contributed by atoms with van der Waals surface area (Å²) >= 11 is 0. The number of aliphatic hydroxyl groups is 2. The van der Waals surface area contributed by atoms with Gasteiger partial charge in [0.05, 0.1) is 6.10 Å². The van der Waals surface area contributed by atoms with Gasteiger partial charge in [0, 0.05) is 6.61 Å². The van der Waals surface area contributed by atoms with Crippen LogP contribution in [-0.2, 0) is 0 Å². The predicted molar refractivity (Wildman–Crippen MR) is 97.5 cm³/mol. The number of rotatable bonds is 2. The minimum Gasteiger partial charge on any atom is -0.396 e. The fraction of sp³-hybridized carbons (Fsp3) is 1.00. The van der Waals surface area contributed by atoms with E-state index in [4.69, 9.17) is 0 Å². The number of aliphatic hydroxyl groups excluding tert-OH is 2. The third-order valence-electron chi connectivity index (χ3n) is 9.69. The molecule has 0 spiro atoms. The van der Waals surface area contributed by atoms with Gasteiger partial charge in [0.25, 0.3) is 0 Å². The molecule has 1 unspecified atom stereocenters. The van der Waals surface area contributed by atoms with Crippen molar-refractivity contribution in [1.82, 2.24) is 0 Å². The lowest BCUT2D eigenvalue weighted by Gasteiger charge is -2.61. The summed E-state index contributed by atoms with van der Waals surface area (Å²) < 4.78 is 0. The highest BCUT2D eigenvalue weighted by molar-refractivity contribution is 5.09. The van der Waals surface area contributed by atoms with E-state index in [1.54, 1.807) is 0 Å². The SMILES string of the molecule is C[C@H](CO)[C@H]1CC[C@H]2[C@@H]3CC[C@H]4CC(O)CC[C@]4(C)[C@H]3CC[C@]12C. The van der Waals surface area contributed by atoms with E-state index in [0.29, 0.717) is 23.4 Å². The Morgan fingerprint density at radius 2 is 1.62 bits per heavy atom. The quantitative estimate of drug-likeness (QED) is 0.772. The molecule has 0 heterocycles. The topological polar surface area (TPSA) is 40.5 Å². The molecule has 0 radical (unpaired) electrons. The van der Waals surface area contributed by atoms with E-state index in [9.17, 15) is 10.2 Å². The third kappa shape index (κ3) is 2.35. The third-order valence-corrected chi connectivity index (χ3v) is 9.69. The van der Waals surface area contributed by atoms with E-state index < -0.39 is 0 Å². The zero-order chi connectivity index (χ0) is 17.1. The van der Waals surface area contributed by atoms with Crippen molar-refractivity contribution in [1.29, 1.82) is 0 Å². The molecule has 24 heavy (non-hydrogen) atoms. The maximum Gasteiger partial charge on any atom is 0.0543 e. The first-order valence-corrected chi connectivity index (χ1v) is 10.7. The van der Waals surface area contributed by atoms with Crippen molar-refractivity contribution in [2.45, 2.75) is 84.7 Å². The lowest BCUT2D eigenvalue weighted by atomic mass is 9.44. The second-order valence-electron chi connectivity index (χ2n) is 10.5. The average Bonchev–Trinajstić information content (AvgIpc) is 2.92. The average molecular weight is 335 g/mol. The molecule has 9 atom stereocenters. The summed E-state index contributed by atoms with van der Waals surface area (Å²) in [4.78, 5) is 0. The van der Waals surface area contributed by atoms with Crippen LogP contribution in [0.2, 0.25) is 0 Å². The molecule has 0 bridgehead atoms. The standard InChI is InChI=1S/C22H38O2/c1-14(13-23)18-6-7-19-17-5-4-15-12-16(24)8-10-21(15,2)20(17)9-11-22(18,19)3/h14-20,23-24H,4-13H2,1-3H3/t14-,15+,16?,17+,18-,19+,20+,21+,22-/m1/s1. The van der Waals surface area contributed by atoms with Gasteiger partial charge < -0.3 is 10.2 Å². The number of fused-ring (bicyclic) bond motifs is 5. The second-order valence-corrected chi connectivity index (χ2v) is 10.5. The highest BCUT2D eigenvalue weighted by Gasteiger charge is 2.60. The normalized spacial score (nSPS) is 55.4. The first kappa shape index (κ1) is 17.3. The summed E-state index contributed by atoms with van der Waals surface area (Å²) in [6.45, 7) is 7.77. The highest BCUT2D eigenvalue weighted by atomic mass is 16.3. The summed E-state index contributed by atoms with van der Waals surface area (Å²) in [6.07, 6.45) is 11.6. The van der Waals surface area contributed by atoms with Crippen LogP contribution >= 0.6 is 0 Å². The fourth-order valence-electron chi connectivity index (χ4n) is 8.34. The smallest absolute Gasteiger partial charge is 0.0543 e. The zero-order valence-electron chi connectivity index (χ0n) is 16.0. The molecule has 0 aromatic heterocycles. The largest absolute Gasteiger partial charge is 0.396 e. The van der Waals surface area contributed by atoms with Crippen LogP contribution in [0.3, 0.4) is 0 Å². The first-order valence-electron chi connectivity index (χ1n) is 10.7. The van der Waals surface area contributed by atoms with Crippen LogP contribution < -0.4 is 0 Å². The van der Waals surface area contributed by atoms with Gasteiger partial charge in [0.15, 0.2) is 0 Å². The van der Waals surface area contributed by atoms with Crippen LogP contribution in [0.5, 0.6) is 0 Å². The Bertz CT molecular complexity index is 477. The Kier molecular flexibility index (Phi) is 4.32. The van der Waals surface area contributed by atoms with Gasteiger partial charge in [-0.2, -0.15) is 0 Å². The molecule has 0 amide bonds. The van der Waals surface area contributed by atoms with E-state index in [1.165, 1.54) is 44.9 Å². The molecule has 0 aliphatic heterocycles. The van der Waals surface area contributed by atoms with Crippen LogP contribution in [-0.4, -0.2) is 22.9 Å². The molecule has 0 aromatic carbocycles. The summed E-state index contributed by atoms with van der Waals surface area (Å²) in [5.74, 6) is 4.65. The molecule has 0 aromatic rings. The van der Waals surface area contributed by atoms with Crippen LogP contribution in [0.4, 0.5) is 0 Å². The Morgan fingerprint density at radius 1 is 0.917 bits per heavy atom. The number of hydrogen-bond donors (Lipinski definition) is 2. The van der Waals surface area contributed by atoms with E-state index in [1.807, 2.05) is 0 Å². The first-order chi connectivity index (χ1) is 11.4. The van der Waals surface area contributed by atoms with Crippen molar-refractivity contribution in [2.24, 2.45) is 46.3 Å². The number of hydrogen-bond acceptors (Lipinski definition) is 2. The Balaban J connectivity index is 1.59. The Hall–Kier alpha value is -0.0800. The van der Waals surface area contributed by atoms with Gasteiger partial charge in [-0.25, -0.2) is 0 Å². The summed E-state index contributed by atoms with van der Waals surface area (Å²) in [6, 6.07) is 0. The summed E-state index contributed by atoms with van der Waals surface area (Å²) in [5, 5.41) is 19.9. The maximum atomic E-state index is 10.1. The van der Waals surface area contributed by atoms with E-state index in [0.717, 1.165) is 42.4 Å². The molecular weight excluding hydrogens is 296 g/mol. The van der Waals surface area contributed by atoms with Gasteiger partial charge >= 0.3 is 0 Å². The molecule has 4 fully saturated rings. The molecular formula is C22H38O2. The van der Waals surface area contributed by atoms with Crippen molar-refractivity contribution in [3.8, 4) is 0 Å². The zero-order valence-corrected chi connectivity index (χ0v) is 16.0. The van der Waals surface area contributed by atoms with Crippen molar-refractivity contribution in [3.05, 3.63) is 0 Å².